The van der Waals surface area contributed by atoms with Crippen molar-refractivity contribution in [3.8, 4) is 0 Å². The van der Waals surface area contributed by atoms with Gasteiger partial charge in [-0.1, -0.05) is 45.3 Å². The molecule has 0 aromatic carbocycles. The van der Waals surface area contributed by atoms with Crippen LogP contribution in [-0.4, -0.2) is 0 Å². The van der Waals surface area contributed by atoms with Crippen LogP contribution in [0.3, 0.4) is 0 Å². The van der Waals surface area contributed by atoms with E-state index in [9.17, 15) is 0 Å². The van der Waals surface area contributed by atoms with Crippen LogP contribution in [0.4, 0.5) is 0 Å². The standard InChI is InChI=1S/C22H38/c1-3-17-5-9-19(10-6-17)21-13-15-22(16-14-21)20-11-7-18(4-2)8-12-20/h5,9,17-22H,3-4,6-8,10-16H2,1-2H3. The summed E-state index contributed by atoms with van der Waals surface area (Å²) in [6.07, 6.45) is 23.2. The Hall–Kier alpha value is -0.260. The second-order valence-corrected chi connectivity index (χ2v) is 8.66. The van der Waals surface area contributed by atoms with Crippen LogP contribution in [-0.2, 0) is 0 Å². The zero-order valence-corrected chi connectivity index (χ0v) is 15.1. The predicted molar refractivity (Wildman–Crippen MR) is 96.8 cm³/mol. The Labute approximate surface area is 139 Å². The van der Waals surface area contributed by atoms with Gasteiger partial charge in [0.05, 0.1) is 0 Å². The molecule has 0 saturated heterocycles. The van der Waals surface area contributed by atoms with Gasteiger partial charge in [0.2, 0.25) is 0 Å². The second kappa shape index (κ2) is 8.02. The van der Waals surface area contributed by atoms with Crippen LogP contribution in [0, 0.1) is 35.5 Å². The molecule has 0 aromatic heterocycles. The molecule has 2 fully saturated rings. The van der Waals surface area contributed by atoms with E-state index in [1.165, 1.54) is 51.4 Å². The lowest BCUT2D eigenvalue weighted by Gasteiger charge is -2.40. The summed E-state index contributed by atoms with van der Waals surface area (Å²) >= 11 is 0. The molecule has 3 rings (SSSR count). The minimum absolute atomic E-state index is 0.890. The minimum Gasteiger partial charge on any atom is -0.0851 e. The molecule has 0 bridgehead atoms. The van der Waals surface area contributed by atoms with Crippen LogP contribution in [0.1, 0.15) is 90.9 Å². The lowest BCUT2D eigenvalue weighted by molar-refractivity contribution is 0.128. The van der Waals surface area contributed by atoms with E-state index in [1.807, 2.05) is 0 Å². The van der Waals surface area contributed by atoms with Crippen LogP contribution < -0.4 is 0 Å². The van der Waals surface area contributed by atoms with E-state index in [4.69, 9.17) is 0 Å². The van der Waals surface area contributed by atoms with E-state index in [0.29, 0.717) is 0 Å². The molecule has 3 aliphatic carbocycles. The third kappa shape index (κ3) is 3.98. The van der Waals surface area contributed by atoms with Crippen molar-refractivity contribution >= 4 is 0 Å². The van der Waals surface area contributed by atoms with E-state index in [0.717, 1.165) is 35.5 Å². The average molecular weight is 303 g/mol. The minimum atomic E-state index is 0.890. The Bertz CT molecular complexity index is 339. The van der Waals surface area contributed by atoms with Crippen LogP contribution in [0.5, 0.6) is 0 Å². The molecule has 0 heteroatoms. The summed E-state index contributed by atoms with van der Waals surface area (Å²) in [6.45, 7) is 4.73. The summed E-state index contributed by atoms with van der Waals surface area (Å²) in [5.41, 5.74) is 0. The lowest BCUT2D eigenvalue weighted by atomic mass is 9.66. The maximum atomic E-state index is 2.61. The summed E-state index contributed by atoms with van der Waals surface area (Å²) in [4.78, 5) is 0. The van der Waals surface area contributed by atoms with E-state index in [2.05, 4.69) is 26.0 Å². The van der Waals surface area contributed by atoms with Crippen molar-refractivity contribution in [2.75, 3.05) is 0 Å². The molecule has 2 saturated carbocycles. The molecule has 0 nitrogen and oxygen atoms in total. The van der Waals surface area contributed by atoms with Gasteiger partial charge in [-0.3, -0.25) is 0 Å². The van der Waals surface area contributed by atoms with Gasteiger partial charge < -0.3 is 0 Å². The normalized spacial score (nSPS) is 43.2. The van der Waals surface area contributed by atoms with Crippen molar-refractivity contribution in [3.05, 3.63) is 12.2 Å². The first-order chi connectivity index (χ1) is 10.8. The first-order valence-electron chi connectivity index (χ1n) is 10.5. The number of rotatable bonds is 4. The first kappa shape index (κ1) is 16.6. The SMILES string of the molecule is CCC1C=CC(C2CCC(C3CCC(CC)CC3)CC2)CC1. The molecule has 2 atom stereocenters. The predicted octanol–water partition coefficient (Wildman–Crippen LogP) is 7.00. The molecule has 0 heterocycles. The van der Waals surface area contributed by atoms with Gasteiger partial charge in [0.25, 0.3) is 0 Å². The molecule has 0 aromatic rings. The number of hydrogen-bond acceptors (Lipinski definition) is 0. The van der Waals surface area contributed by atoms with Crippen LogP contribution in [0.25, 0.3) is 0 Å². The Morgan fingerprint density at radius 3 is 1.68 bits per heavy atom. The molecule has 0 amide bonds. The Balaban J connectivity index is 1.43. The largest absolute Gasteiger partial charge is 0.0851 e. The molecule has 22 heavy (non-hydrogen) atoms. The smallest absolute Gasteiger partial charge is 0.0205 e. The third-order valence-corrected chi connectivity index (χ3v) is 7.58. The Morgan fingerprint density at radius 2 is 1.18 bits per heavy atom. The summed E-state index contributed by atoms with van der Waals surface area (Å²) in [5, 5.41) is 0. The van der Waals surface area contributed by atoms with Crippen molar-refractivity contribution in [2.24, 2.45) is 35.5 Å². The fourth-order valence-electron chi connectivity index (χ4n) is 5.74. The van der Waals surface area contributed by atoms with Crippen molar-refractivity contribution in [1.82, 2.24) is 0 Å². The summed E-state index contributed by atoms with van der Waals surface area (Å²) in [7, 11) is 0. The van der Waals surface area contributed by atoms with Gasteiger partial charge in [-0.25, -0.2) is 0 Å². The second-order valence-electron chi connectivity index (χ2n) is 8.66. The maximum absolute atomic E-state index is 2.61. The summed E-state index contributed by atoms with van der Waals surface area (Å²) < 4.78 is 0. The Kier molecular flexibility index (Phi) is 6.05. The van der Waals surface area contributed by atoms with Crippen LogP contribution in [0.2, 0.25) is 0 Å². The van der Waals surface area contributed by atoms with Gasteiger partial charge >= 0.3 is 0 Å². The molecule has 0 radical (unpaired) electrons. The van der Waals surface area contributed by atoms with Gasteiger partial charge in [-0.05, 0) is 93.3 Å². The fourth-order valence-corrected chi connectivity index (χ4v) is 5.74. The van der Waals surface area contributed by atoms with Crippen molar-refractivity contribution in [2.45, 2.75) is 90.9 Å². The van der Waals surface area contributed by atoms with Gasteiger partial charge in [-0.2, -0.15) is 0 Å². The zero-order valence-electron chi connectivity index (χ0n) is 15.1. The van der Waals surface area contributed by atoms with Gasteiger partial charge in [-0.15, -0.1) is 0 Å². The van der Waals surface area contributed by atoms with Crippen LogP contribution >= 0.6 is 0 Å². The fraction of sp³-hybridized carbons (Fsp3) is 0.909. The highest BCUT2D eigenvalue weighted by atomic mass is 14.4. The molecule has 0 aliphatic heterocycles. The van der Waals surface area contributed by atoms with Crippen molar-refractivity contribution in [1.29, 1.82) is 0 Å². The Morgan fingerprint density at radius 1 is 0.591 bits per heavy atom. The summed E-state index contributed by atoms with van der Waals surface area (Å²) in [6, 6.07) is 0. The zero-order chi connectivity index (χ0) is 15.4. The van der Waals surface area contributed by atoms with Crippen LogP contribution in [0.15, 0.2) is 12.2 Å². The third-order valence-electron chi connectivity index (χ3n) is 7.58. The molecule has 0 N–H and O–H groups in total. The van der Waals surface area contributed by atoms with Crippen molar-refractivity contribution < 1.29 is 0 Å². The van der Waals surface area contributed by atoms with Gasteiger partial charge in [0.15, 0.2) is 0 Å². The quantitative estimate of drug-likeness (QED) is 0.490. The molecular weight excluding hydrogens is 264 g/mol. The van der Waals surface area contributed by atoms with Gasteiger partial charge in [0, 0.05) is 0 Å². The lowest BCUT2D eigenvalue weighted by Crippen LogP contribution is -2.28. The molecular formula is C22H38. The average Bonchev–Trinajstić information content (AvgIpc) is 2.62. The first-order valence-corrected chi connectivity index (χ1v) is 10.5. The maximum Gasteiger partial charge on any atom is -0.0205 e. The molecule has 2 unspecified atom stereocenters. The van der Waals surface area contributed by atoms with E-state index in [-0.39, 0.29) is 0 Å². The number of hydrogen-bond donors (Lipinski definition) is 0. The highest BCUT2D eigenvalue weighted by molar-refractivity contribution is 5.00. The van der Waals surface area contributed by atoms with E-state index < -0.39 is 0 Å². The highest BCUT2D eigenvalue weighted by Crippen LogP contribution is 2.45. The molecule has 126 valence electrons. The topological polar surface area (TPSA) is 0 Å². The summed E-state index contributed by atoms with van der Waals surface area (Å²) in [5.74, 6) is 6.09. The van der Waals surface area contributed by atoms with E-state index >= 15 is 0 Å². The van der Waals surface area contributed by atoms with Crippen molar-refractivity contribution in [3.63, 3.8) is 0 Å². The van der Waals surface area contributed by atoms with E-state index in [1.54, 1.807) is 25.7 Å². The highest BCUT2D eigenvalue weighted by Gasteiger charge is 2.33. The van der Waals surface area contributed by atoms with Gasteiger partial charge in [0.1, 0.15) is 0 Å². The monoisotopic (exact) mass is 302 g/mol. The molecule has 3 aliphatic rings. The molecule has 0 spiro atoms. The number of allylic oxidation sites excluding steroid dienone is 2.